The summed E-state index contributed by atoms with van der Waals surface area (Å²) in [6.07, 6.45) is 3.46. The molecule has 0 aliphatic carbocycles. The largest absolute Gasteiger partial charge is 0.337 e. The summed E-state index contributed by atoms with van der Waals surface area (Å²) in [6, 6.07) is 7.45. The number of amides is 1. The Balaban J connectivity index is 0.00000176. The first-order chi connectivity index (χ1) is 10.2. The number of carbonyl (C=O) groups is 1. The summed E-state index contributed by atoms with van der Waals surface area (Å²) >= 11 is 6.21. The van der Waals surface area contributed by atoms with E-state index in [0.717, 1.165) is 24.9 Å². The highest BCUT2D eigenvalue weighted by Crippen LogP contribution is 2.29. The summed E-state index contributed by atoms with van der Waals surface area (Å²) in [5.74, 6) is -0.0474. The highest BCUT2D eigenvalue weighted by atomic mass is 35.5. The van der Waals surface area contributed by atoms with E-state index in [9.17, 15) is 4.79 Å². The van der Waals surface area contributed by atoms with Gasteiger partial charge < -0.3 is 10.6 Å². The number of H-pyrrole nitrogens is 1. The quantitative estimate of drug-likeness (QED) is 0.882. The molecule has 1 amide bonds. The van der Waals surface area contributed by atoms with E-state index in [-0.39, 0.29) is 24.4 Å². The number of likely N-dealkylation sites (tertiary alicyclic amines) is 1. The molecule has 0 spiro atoms. The summed E-state index contributed by atoms with van der Waals surface area (Å²) in [6.45, 7) is 1.33. The maximum Gasteiger partial charge on any atom is 0.257 e. The Morgan fingerprint density at radius 3 is 2.91 bits per heavy atom. The first kappa shape index (κ1) is 16.8. The van der Waals surface area contributed by atoms with Crippen LogP contribution in [-0.2, 0) is 0 Å². The van der Waals surface area contributed by atoms with Crippen LogP contribution in [0.5, 0.6) is 0 Å². The molecule has 1 saturated heterocycles. The smallest absolute Gasteiger partial charge is 0.257 e. The van der Waals surface area contributed by atoms with E-state index < -0.39 is 0 Å². The van der Waals surface area contributed by atoms with Gasteiger partial charge in [0, 0.05) is 29.7 Å². The predicted octanol–water partition coefficient (Wildman–Crippen LogP) is 2.72. The Hall–Kier alpha value is -1.56. The monoisotopic (exact) mass is 340 g/mol. The second-order valence-electron chi connectivity index (χ2n) is 5.29. The van der Waals surface area contributed by atoms with Gasteiger partial charge in [0.15, 0.2) is 0 Å². The molecule has 1 atom stereocenters. The molecule has 118 valence electrons. The zero-order valence-corrected chi connectivity index (χ0v) is 13.5. The lowest BCUT2D eigenvalue weighted by Gasteiger charge is -2.30. The van der Waals surface area contributed by atoms with Gasteiger partial charge in [-0.2, -0.15) is 5.10 Å². The molecular weight excluding hydrogens is 323 g/mol. The molecule has 0 bridgehead atoms. The van der Waals surface area contributed by atoms with Crippen molar-refractivity contribution in [2.75, 3.05) is 13.1 Å². The van der Waals surface area contributed by atoms with Crippen LogP contribution in [0.1, 0.15) is 23.2 Å². The Kier molecular flexibility index (Phi) is 5.45. The van der Waals surface area contributed by atoms with Crippen LogP contribution in [-0.4, -0.2) is 40.1 Å². The summed E-state index contributed by atoms with van der Waals surface area (Å²) in [4.78, 5) is 14.5. The molecule has 2 aromatic rings. The van der Waals surface area contributed by atoms with Gasteiger partial charge in [0.1, 0.15) is 0 Å². The number of halogens is 2. The molecule has 1 unspecified atom stereocenters. The standard InChI is InChI=1S/C15H17ClN4O.ClH/c16-13-6-2-1-5-11(13)14-12(8-18-19-14)15(21)20-7-3-4-10(17)9-20;/h1-2,5-6,8,10H,3-4,7,9,17H2,(H,18,19);1H. The highest BCUT2D eigenvalue weighted by Gasteiger charge is 2.25. The number of nitrogens with one attached hydrogen (secondary N) is 1. The molecule has 3 N–H and O–H groups in total. The zero-order chi connectivity index (χ0) is 14.8. The third kappa shape index (κ3) is 3.27. The van der Waals surface area contributed by atoms with E-state index in [2.05, 4.69) is 10.2 Å². The van der Waals surface area contributed by atoms with E-state index in [0.29, 0.717) is 22.8 Å². The lowest BCUT2D eigenvalue weighted by molar-refractivity contribution is 0.0709. The van der Waals surface area contributed by atoms with Gasteiger partial charge in [0.05, 0.1) is 17.5 Å². The lowest BCUT2D eigenvalue weighted by Crippen LogP contribution is -2.45. The molecule has 0 saturated carbocycles. The van der Waals surface area contributed by atoms with Gasteiger partial charge in [-0.05, 0) is 18.9 Å². The topological polar surface area (TPSA) is 75.0 Å². The molecule has 1 aromatic carbocycles. The van der Waals surface area contributed by atoms with E-state index in [1.54, 1.807) is 17.2 Å². The van der Waals surface area contributed by atoms with Crippen LogP contribution >= 0.6 is 24.0 Å². The van der Waals surface area contributed by atoms with E-state index in [4.69, 9.17) is 17.3 Å². The van der Waals surface area contributed by atoms with Gasteiger partial charge >= 0.3 is 0 Å². The van der Waals surface area contributed by atoms with Gasteiger partial charge in [-0.15, -0.1) is 12.4 Å². The molecule has 1 fully saturated rings. The van der Waals surface area contributed by atoms with Gasteiger partial charge in [-0.3, -0.25) is 9.89 Å². The van der Waals surface area contributed by atoms with Gasteiger partial charge in [0.2, 0.25) is 0 Å². The van der Waals surface area contributed by atoms with Crippen molar-refractivity contribution in [1.29, 1.82) is 0 Å². The summed E-state index contributed by atoms with van der Waals surface area (Å²) < 4.78 is 0. The highest BCUT2D eigenvalue weighted by molar-refractivity contribution is 6.33. The Bertz CT molecular complexity index is 658. The van der Waals surface area contributed by atoms with E-state index in [1.165, 1.54) is 0 Å². The van der Waals surface area contributed by atoms with Crippen LogP contribution in [0, 0.1) is 0 Å². The molecule has 7 heteroatoms. The first-order valence-corrected chi connectivity index (χ1v) is 7.37. The maximum atomic E-state index is 12.7. The third-order valence-corrected chi connectivity index (χ3v) is 4.09. The van der Waals surface area contributed by atoms with Crippen LogP contribution < -0.4 is 5.73 Å². The van der Waals surface area contributed by atoms with Crippen molar-refractivity contribution in [3.63, 3.8) is 0 Å². The second kappa shape index (κ2) is 7.13. The molecule has 0 radical (unpaired) electrons. The molecular formula is C15H18Cl2N4O. The minimum atomic E-state index is -0.0474. The average Bonchev–Trinajstić information content (AvgIpc) is 2.96. The van der Waals surface area contributed by atoms with E-state index in [1.807, 2.05) is 18.2 Å². The first-order valence-electron chi connectivity index (χ1n) is 7.00. The molecule has 5 nitrogen and oxygen atoms in total. The molecule has 1 aliphatic rings. The number of aromatic amines is 1. The van der Waals surface area contributed by atoms with Crippen molar-refractivity contribution in [3.05, 3.63) is 41.0 Å². The van der Waals surface area contributed by atoms with Gasteiger partial charge in [-0.1, -0.05) is 29.8 Å². The number of nitrogens with zero attached hydrogens (tertiary/aromatic N) is 2. The summed E-state index contributed by atoms with van der Waals surface area (Å²) in [5.41, 5.74) is 7.93. The Morgan fingerprint density at radius 1 is 1.41 bits per heavy atom. The fourth-order valence-electron chi connectivity index (χ4n) is 2.68. The normalized spacial score (nSPS) is 17.9. The minimum Gasteiger partial charge on any atom is -0.337 e. The van der Waals surface area contributed by atoms with Gasteiger partial charge in [-0.25, -0.2) is 0 Å². The Labute approximate surface area is 140 Å². The molecule has 3 rings (SSSR count). The van der Waals surface area contributed by atoms with Crippen LogP contribution in [0.2, 0.25) is 5.02 Å². The van der Waals surface area contributed by atoms with Crippen molar-refractivity contribution >= 4 is 29.9 Å². The van der Waals surface area contributed by atoms with Crippen LogP contribution in [0.15, 0.2) is 30.5 Å². The predicted molar refractivity (Wildman–Crippen MR) is 89.4 cm³/mol. The zero-order valence-electron chi connectivity index (χ0n) is 12.0. The van der Waals surface area contributed by atoms with Crippen molar-refractivity contribution in [2.45, 2.75) is 18.9 Å². The van der Waals surface area contributed by atoms with Crippen molar-refractivity contribution in [1.82, 2.24) is 15.1 Å². The van der Waals surface area contributed by atoms with Gasteiger partial charge in [0.25, 0.3) is 5.91 Å². The summed E-state index contributed by atoms with van der Waals surface area (Å²) in [7, 11) is 0. The minimum absolute atomic E-state index is 0. The molecule has 1 aliphatic heterocycles. The van der Waals surface area contributed by atoms with Crippen molar-refractivity contribution in [2.24, 2.45) is 5.73 Å². The fourth-order valence-corrected chi connectivity index (χ4v) is 2.91. The van der Waals surface area contributed by atoms with Crippen LogP contribution in [0.25, 0.3) is 11.3 Å². The maximum absolute atomic E-state index is 12.7. The molecule has 2 heterocycles. The number of benzene rings is 1. The van der Waals surface area contributed by atoms with Crippen molar-refractivity contribution < 1.29 is 4.79 Å². The number of rotatable bonds is 2. The Morgan fingerprint density at radius 2 is 2.18 bits per heavy atom. The average molecular weight is 341 g/mol. The third-order valence-electron chi connectivity index (χ3n) is 3.76. The second-order valence-corrected chi connectivity index (χ2v) is 5.70. The number of hydrogen-bond acceptors (Lipinski definition) is 3. The SMILES string of the molecule is Cl.NC1CCCN(C(=O)c2cn[nH]c2-c2ccccc2Cl)C1. The van der Waals surface area contributed by atoms with Crippen LogP contribution in [0.3, 0.4) is 0 Å². The number of hydrogen-bond donors (Lipinski definition) is 2. The molecule has 1 aromatic heterocycles. The molecule has 22 heavy (non-hydrogen) atoms. The lowest BCUT2D eigenvalue weighted by atomic mass is 10.0. The van der Waals surface area contributed by atoms with E-state index >= 15 is 0 Å². The summed E-state index contributed by atoms with van der Waals surface area (Å²) in [5, 5.41) is 7.48. The fraction of sp³-hybridized carbons (Fsp3) is 0.333. The number of piperidine rings is 1. The number of nitrogens with two attached hydrogens (primary N) is 1. The van der Waals surface area contributed by atoms with Crippen LogP contribution in [0.4, 0.5) is 0 Å². The number of carbonyl (C=O) groups excluding carboxylic acids is 1. The van der Waals surface area contributed by atoms with Crippen molar-refractivity contribution in [3.8, 4) is 11.3 Å². The number of aromatic nitrogens is 2.